The highest BCUT2D eigenvalue weighted by Crippen LogP contribution is 2.03. The van der Waals surface area contributed by atoms with Crippen LogP contribution in [0.5, 0.6) is 0 Å². The van der Waals surface area contributed by atoms with Gasteiger partial charge in [0, 0.05) is 11.1 Å². The molecule has 0 bridgehead atoms. The Morgan fingerprint density at radius 2 is 1.75 bits per heavy atom. The lowest BCUT2D eigenvalue weighted by molar-refractivity contribution is -0.138. The lowest BCUT2D eigenvalue weighted by atomic mass is 10.2. The Hall–Kier alpha value is -1.67. The topological polar surface area (TPSA) is 118 Å². The summed E-state index contributed by atoms with van der Waals surface area (Å²) in [5, 5.41) is 8.58. The van der Waals surface area contributed by atoms with Gasteiger partial charge in [-0.1, -0.05) is 6.08 Å². The lowest BCUT2D eigenvalue weighted by Gasteiger charge is -2.02. The molecule has 0 heterocycles. The number of carbonyl (C=O) groups excluding carboxylic acids is 1. The van der Waals surface area contributed by atoms with Crippen LogP contribution in [0.3, 0.4) is 0 Å². The van der Waals surface area contributed by atoms with Crippen LogP contribution in [0.15, 0.2) is 23.3 Å². The zero-order valence-corrected chi connectivity index (χ0v) is 12.1. The Kier molecular flexibility index (Phi) is 7.78. The van der Waals surface area contributed by atoms with Gasteiger partial charge in [0.2, 0.25) is 0 Å². The fourth-order valence-electron chi connectivity index (χ4n) is 1.11. The molecular formula is C12H18O7S. The molecular weight excluding hydrogens is 288 g/mol. The van der Waals surface area contributed by atoms with Gasteiger partial charge in [0.15, 0.2) is 0 Å². The molecule has 0 atom stereocenters. The fourth-order valence-corrected chi connectivity index (χ4v) is 1.64. The van der Waals surface area contributed by atoms with Crippen LogP contribution in [0.2, 0.25) is 0 Å². The maximum Gasteiger partial charge on any atom is 0.333 e. The number of allylic oxidation sites excluding steroid dienone is 1. The normalized spacial score (nSPS) is 13.2. The maximum atomic E-state index is 11.5. The minimum absolute atomic E-state index is 0.0765. The van der Waals surface area contributed by atoms with E-state index in [2.05, 4.69) is 0 Å². The van der Waals surface area contributed by atoms with E-state index in [1.165, 1.54) is 26.0 Å². The quantitative estimate of drug-likeness (QED) is 0.299. The van der Waals surface area contributed by atoms with Crippen molar-refractivity contribution in [3.8, 4) is 0 Å². The predicted molar refractivity (Wildman–Crippen MR) is 71.8 cm³/mol. The third kappa shape index (κ3) is 9.29. The standard InChI is InChI=1S/C12H18O7S/c1-9(11(13)14)6-7-19-12(15)10(2)5-3-4-8-20(16,17)18/h5-6H,3-4,7-8H2,1-2H3,(H,13,14)(H,16,17,18). The van der Waals surface area contributed by atoms with E-state index in [-0.39, 0.29) is 24.4 Å². The molecule has 0 rings (SSSR count). The van der Waals surface area contributed by atoms with Crippen LogP contribution in [0.25, 0.3) is 0 Å². The summed E-state index contributed by atoms with van der Waals surface area (Å²) in [7, 11) is -3.98. The SMILES string of the molecule is CC(=CCOC(=O)C(C)=CCCCS(=O)(=O)O)C(=O)O. The summed E-state index contributed by atoms with van der Waals surface area (Å²) < 4.78 is 34.2. The van der Waals surface area contributed by atoms with E-state index in [0.29, 0.717) is 12.0 Å². The number of aliphatic carboxylic acids is 1. The zero-order valence-electron chi connectivity index (χ0n) is 11.3. The molecule has 0 aromatic carbocycles. The number of carboxylic acid groups (broad SMARTS) is 1. The Labute approximate surface area is 117 Å². The van der Waals surface area contributed by atoms with Crippen molar-refractivity contribution in [2.75, 3.05) is 12.4 Å². The largest absolute Gasteiger partial charge is 0.478 e. The van der Waals surface area contributed by atoms with E-state index in [0.717, 1.165) is 0 Å². The zero-order chi connectivity index (χ0) is 15.8. The van der Waals surface area contributed by atoms with Crippen LogP contribution in [-0.2, 0) is 24.4 Å². The van der Waals surface area contributed by atoms with E-state index >= 15 is 0 Å². The summed E-state index contributed by atoms with van der Waals surface area (Å²) in [6, 6.07) is 0. The van der Waals surface area contributed by atoms with Gasteiger partial charge in [-0.25, -0.2) is 9.59 Å². The van der Waals surface area contributed by atoms with E-state index in [1.54, 1.807) is 0 Å². The summed E-state index contributed by atoms with van der Waals surface area (Å²) >= 11 is 0. The van der Waals surface area contributed by atoms with Crippen LogP contribution >= 0.6 is 0 Å². The van der Waals surface area contributed by atoms with Crippen molar-refractivity contribution in [3.63, 3.8) is 0 Å². The first-order valence-electron chi connectivity index (χ1n) is 5.82. The van der Waals surface area contributed by atoms with Crippen molar-refractivity contribution in [1.29, 1.82) is 0 Å². The van der Waals surface area contributed by atoms with Gasteiger partial charge in [0.05, 0.1) is 5.75 Å². The van der Waals surface area contributed by atoms with Gasteiger partial charge >= 0.3 is 11.9 Å². The minimum Gasteiger partial charge on any atom is -0.478 e. The van der Waals surface area contributed by atoms with E-state index in [1.807, 2.05) is 0 Å². The molecule has 0 aliphatic rings. The molecule has 0 aliphatic heterocycles. The second-order valence-corrected chi connectivity index (χ2v) is 5.68. The third-order valence-corrected chi connectivity index (χ3v) is 3.12. The number of hydrogen-bond donors (Lipinski definition) is 2. The summed E-state index contributed by atoms with van der Waals surface area (Å²) in [6.45, 7) is 2.74. The number of hydrogen-bond acceptors (Lipinski definition) is 5. The molecule has 0 radical (unpaired) electrons. The molecule has 8 heteroatoms. The van der Waals surface area contributed by atoms with Gasteiger partial charge in [0.25, 0.3) is 10.1 Å². The number of rotatable bonds is 8. The molecule has 0 aliphatic carbocycles. The molecule has 0 saturated carbocycles. The molecule has 0 aromatic heterocycles. The highest BCUT2D eigenvalue weighted by molar-refractivity contribution is 7.85. The highest BCUT2D eigenvalue weighted by Gasteiger charge is 2.07. The minimum atomic E-state index is -3.98. The van der Waals surface area contributed by atoms with Crippen molar-refractivity contribution in [1.82, 2.24) is 0 Å². The highest BCUT2D eigenvalue weighted by atomic mass is 32.2. The maximum absolute atomic E-state index is 11.5. The molecule has 0 aromatic rings. The molecule has 0 amide bonds. The number of carboxylic acids is 1. The summed E-state index contributed by atoms with van der Waals surface area (Å²) in [6.07, 6.45) is 3.28. The average Bonchev–Trinajstić information content (AvgIpc) is 2.32. The van der Waals surface area contributed by atoms with Crippen LogP contribution in [0, 0.1) is 0 Å². The lowest BCUT2D eigenvalue weighted by Crippen LogP contribution is -2.07. The first-order valence-corrected chi connectivity index (χ1v) is 7.43. The second kappa shape index (κ2) is 8.49. The Morgan fingerprint density at radius 3 is 2.25 bits per heavy atom. The summed E-state index contributed by atoms with van der Waals surface area (Å²) in [5.74, 6) is -2.06. The van der Waals surface area contributed by atoms with Crippen LogP contribution in [0.4, 0.5) is 0 Å². The number of esters is 1. The molecule has 0 fully saturated rings. The molecule has 0 unspecified atom stereocenters. The fraction of sp³-hybridized carbons (Fsp3) is 0.500. The van der Waals surface area contributed by atoms with Crippen molar-refractivity contribution in [2.24, 2.45) is 0 Å². The van der Waals surface area contributed by atoms with Crippen molar-refractivity contribution in [2.45, 2.75) is 26.7 Å². The summed E-state index contributed by atoms with van der Waals surface area (Å²) in [4.78, 5) is 21.9. The number of ether oxygens (including phenoxy) is 1. The molecule has 114 valence electrons. The molecule has 0 spiro atoms. The Bertz CT molecular complexity index is 514. The van der Waals surface area contributed by atoms with Gasteiger partial charge in [0.1, 0.15) is 6.61 Å². The Morgan fingerprint density at radius 1 is 1.15 bits per heavy atom. The predicted octanol–water partition coefficient (Wildman–Crippen LogP) is 1.17. The second-order valence-electron chi connectivity index (χ2n) is 4.11. The van der Waals surface area contributed by atoms with Crippen LogP contribution in [0.1, 0.15) is 26.7 Å². The average molecular weight is 306 g/mol. The van der Waals surface area contributed by atoms with Gasteiger partial charge in [-0.3, -0.25) is 4.55 Å². The van der Waals surface area contributed by atoms with Gasteiger partial charge < -0.3 is 9.84 Å². The number of unbranched alkanes of at least 4 members (excludes halogenated alkanes) is 1. The monoisotopic (exact) mass is 306 g/mol. The van der Waals surface area contributed by atoms with Crippen molar-refractivity contribution >= 4 is 22.1 Å². The van der Waals surface area contributed by atoms with Gasteiger partial charge in [-0.2, -0.15) is 8.42 Å². The Balaban J connectivity index is 4.15. The van der Waals surface area contributed by atoms with Crippen LogP contribution in [-0.4, -0.2) is 42.4 Å². The first-order chi connectivity index (χ1) is 9.13. The van der Waals surface area contributed by atoms with Crippen molar-refractivity contribution in [3.05, 3.63) is 23.3 Å². The van der Waals surface area contributed by atoms with E-state index < -0.39 is 22.1 Å². The smallest absolute Gasteiger partial charge is 0.333 e. The molecule has 7 nitrogen and oxygen atoms in total. The molecule has 2 N–H and O–H groups in total. The molecule has 20 heavy (non-hydrogen) atoms. The third-order valence-electron chi connectivity index (χ3n) is 2.32. The van der Waals surface area contributed by atoms with Gasteiger partial charge in [-0.15, -0.1) is 0 Å². The number of carbonyl (C=O) groups is 2. The molecule has 0 saturated heterocycles. The van der Waals surface area contributed by atoms with Gasteiger partial charge in [-0.05, 0) is 32.8 Å². The van der Waals surface area contributed by atoms with Crippen molar-refractivity contribution < 1.29 is 32.4 Å². The van der Waals surface area contributed by atoms with E-state index in [9.17, 15) is 18.0 Å². The van der Waals surface area contributed by atoms with E-state index in [4.69, 9.17) is 14.4 Å². The summed E-state index contributed by atoms with van der Waals surface area (Å²) in [5.41, 5.74) is 0.370. The van der Waals surface area contributed by atoms with Crippen LogP contribution < -0.4 is 0 Å². The first kappa shape index (κ1) is 18.3.